The van der Waals surface area contributed by atoms with E-state index in [0.29, 0.717) is 0 Å². The minimum Gasteiger partial charge on any atom is -0.155 e. The van der Waals surface area contributed by atoms with Crippen molar-refractivity contribution >= 4 is 23.5 Å². The van der Waals surface area contributed by atoms with Crippen LogP contribution in [-0.2, 0) is 0 Å². The average molecular weight is 192 g/mol. The molecule has 0 fully saturated rings. The monoisotopic (exact) mass is 192 g/mol. The molecule has 0 rings (SSSR count). The first-order valence-electron chi connectivity index (χ1n) is 4.34. The summed E-state index contributed by atoms with van der Waals surface area (Å²) in [7, 11) is 0. The van der Waals surface area contributed by atoms with Gasteiger partial charge in [-0.3, -0.25) is 0 Å². The van der Waals surface area contributed by atoms with Gasteiger partial charge in [-0.1, -0.05) is 26.7 Å². The van der Waals surface area contributed by atoms with Gasteiger partial charge in [0, 0.05) is 5.08 Å². The van der Waals surface area contributed by atoms with Gasteiger partial charge in [0.2, 0.25) is 0 Å². The van der Waals surface area contributed by atoms with Crippen LogP contribution in [0.2, 0.25) is 0 Å². The van der Waals surface area contributed by atoms with Crippen LogP contribution in [0.5, 0.6) is 0 Å². The molecule has 11 heavy (non-hydrogen) atoms. The minimum absolute atomic E-state index is 0.889. The van der Waals surface area contributed by atoms with E-state index >= 15 is 0 Å². The minimum atomic E-state index is 0.889. The molecule has 0 saturated heterocycles. The molecular formula is C9H20S2. The van der Waals surface area contributed by atoms with Crippen LogP contribution >= 0.6 is 23.5 Å². The van der Waals surface area contributed by atoms with Crippen LogP contribution in [0.1, 0.15) is 33.1 Å². The lowest BCUT2D eigenvalue weighted by Gasteiger charge is -2.03. The molecule has 0 heterocycles. The maximum atomic E-state index is 2.30. The predicted molar refractivity (Wildman–Crippen MR) is 59.5 cm³/mol. The van der Waals surface area contributed by atoms with Crippen molar-refractivity contribution in [2.24, 2.45) is 5.92 Å². The second-order valence-electron chi connectivity index (χ2n) is 3.20. The molecule has 0 aliphatic heterocycles. The van der Waals surface area contributed by atoms with Crippen molar-refractivity contribution in [3.05, 3.63) is 0 Å². The summed E-state index contributed by atoms with van der Waals surface area (Å²) < 4.78 is 0. The maximum absolute atomic E-state index is 2.30. The Morgan fingerprint density at radius 3 is 2.45 bits per heavy atom. The molecule has 0 aromatic carbocycles. The highest BCUT2D eigenvalue weighted by Gasteiger charge is 1.93. The van der Waals surface area contributed by atoms with Gasteiger partial charge in [-0.25, -0.2) is 0 Å². The third kappa shape index (κ3) is 10.7. The molecule has 0 amide bonds. The van der Waals surface area contributed by atoms with Gasteiger partial charge >= 0.3 is 0 Å². The van der Waals surface area contributed by atoms with Crippen LogP contribution in [0.3, 0.4) is 0 Å². The number of rotatable bonds is 7. The first-order valence-corrected chi connectivity index (χ1v) is 6.89. The maximum Gasteiger partial charge on any atom is 0.0389 e. The number of hydrogen-bond acceptors (Lipinski definition) is 2. The molecule has 0 radical (unpaired) electrons. The van der Waals surface area contributed by atoms with Gasteiger partial charge in [0.25, 0.3) is 0 Å². The van der Waals surface area contributed by atoms with Crippen LogP contribution in [0.4, 0.5) is 0 Å². The van der Waals surface area contributed by atoms with Crippen molar-refractivity contribution in [1.29, 1.82) is 0 Å². The van der Waals surface area contributed by atoms with E-state index in [1.54, 1.807) is 0 Å². The molecule has 68 valence electrons. The standard InChI is InChI=1S/C9H20S2/c1-9(2)6-4-5-7-11-8-10-3/h9H,4-8H2,1-3H3. The van der Waals surface area contributed by atoms with Gasteiger partial charge in [-0.15, -0.1) is 0 Å². The van der Waals surface area contributed by atoms with Crippen LogP contribution < -0.4 is 0 Å². The molecule has 0 atom stereocenters. The van der Waals surface area contributed by atoms with Crippen LogP contribution in [0, 0.1) is 5.92 Å². The number of thioether (sulfide) groups is 2. The molecule has 0 nitrogen and oxygen atoms in total. The second kappa shape index (κ2) is 8.79. The van der Waals surface area contributed by atoms with E-state index in [0.717, 1.165) is 5.92 Å². The van der Waals surface area contributed by atoms with E-state index in [4.69, 9.17) is 0 Å². The highest BCUT2D eigenvalue weighted by Crippen LogP contribution is 2.13. The highest BCUT2D eigenvalue weighted by molar-refractivity contribution is 8.15. The molecule has 0 N–H and O–H groups in total. The molecule has 0 saturated carbocycles. The van der Waals surface area contributed by atoms with E-state index in [1.165, 1.54) is 30.1 Å². The first kappa shape index (κ1) is 11.7. The molecule has 0 aromatic heterocycles. The van der Waals surface area contributed by atoms with Crippen molar-refractivity contribution in [2.75, 3.05) is 17.1 Å². The van der Waals surface area contributed by atoms with Gasteiger partial charge in [-0.05, 0) is 24.3 Å². The summed E-state index contributed by atoms with van der Waals surface area (Å²) in [5.41, 5.74) is 0. The molecule has 2 heteroatoms. The second-order valence-corrected chi connectivity index (χ2v) is 5.54. The summed E-state index contributed by atoms with van der Waals surface area (Å²) >= 11 is 4.00. The molecule has 0 aromatic rings. The summed E-state index contributed by atoms with van der Waals surface area (Å²) in [6.07, 6.45) is 6.39. The Hall–Kier alpha value is 0.700. The van der Waals surface area contributed by atoms with E-state index in [-0.39, 0.29) is 0 Å². The molecule has 0 spiro atoms. The van der Waals surface area contributed by atoms with E-state index < -0.39 is 0 Å². The van der Waals surface area contributed by atoms with Gasteiger partial charge in [0.05, 0.1) is 0 Å². The Bertz CT molecular complexity index is 72.0. The van der Waals surface area contributed by atoms with Crippen LogP contribution in [0.25, 0.3) is 0 Å². The summed E-state index contributed by atoms with van der Waals surface area (Å²) in [4.78, 5) is 0. The quantitative estimate of drug-likeness (QED) is 0.444. The molecule has 0 aliphatic rings. The third-order valence-corrected chi connectivity index (χ3v) is 3.71. The van der Waals surface area contributed by atoms with Crippen LogP contribution in [0.15, 0.2) is 0 Å². The largest absolute Gasteiger partial charge is 0.155 e. The van der Waals surface area contributed by atoms with E-state index in [9.17, 15) is 0 Å². The van der Waals surface area contributed by atoms with Gasteiger partial charge in [-0.2, -0.15) is 23.5 Å². The highest BCUT2D eigenvalue weighted by atomic mass is 32.2. The first-order chi connectivity index (χ1) is 5.27. The zero-order valence-electron chi connectivity index (χ0n) is 7.93. The van der Waals surface area contributed by atoms with E-state index in [2.05, 4.69) is 31.9 Å². The van der Waals surface area contributed by atoms with Crippen LogP contribution in [-0.4, -0.2) is 17.1 Å². The number of hydrogen-bond donors (Lipinski definition) is 0. The van der Waals surface area contributed by atoms with Crippen molar-refractivity contribution < 1.29 is 0 Å². The lowest BCUT2D eigenvalue weighted by Crippen LogP contribution is -1.88. The zero-order valence-corrected chi connectivity index (χ0v) is 9.56. The Labute approximate surface area is 79.9 Å². The Morgan fingerprint density at radius 1 is 1.18 bits per heavy atom. The lowest BCUT2D eigenvalue weighted by molar-refractivity contribution is 0.551. The third-order valence-electron chi connectivity index (χ3n) is 1.52. The summed E-state index contributed by atoms with van der Waals surface area (Å²) in [5, 5.41) is 1.27. The smallest absolute Gasteiger partial charge is 0.0389 e. The Balaban J connectivity index is 2.80. The normalized spacial score (nSPS) is 10.9. The van der Waals surface area contributed by atoms with Crippen molar-refractivity contribution in [3.63, 3.8) is 0 Å². The van der Waals surface area contributed by atoms with Gasteiger partial charge in [0.15, 0.2) is 0 Å². The van der Waals surface area contributed by atoms with Crippen molar-refractivity contribution in [1.82, 2.24) is 0 Å². The number of unbranched alkanes of at least 4 members (excludes halogenated alkanes) is 1. The molecular weight excluding hydrogens is 172 g/mol. The summed E-state index contributed by atoms with van der Waals surface area (Å²) in [6.45, 7) is 4.60. The molecule has 0 unspecified atom stereocenters. The fraction of sp³-hybridized carbons (Fsp3) is 1.00. The Kier molecular flexibility index (Phi) is 9.35. The van der Waals surface area contributed by atoms with Crippen molar-refractivity contribution in [3.8, 4) is 0 Å². The fourth-order valence-corrected chi connectivity index (χ4v) is 2.45. The predicted octanol–water partition coefficient (Wildman–Crippen LogP) is 3.87. The Morgan fingerprint density at radius 2 is 1.91 bits per heavy atom. The lowest BCUT2D eigenvalue weighted by atomic mass is 10.1. The topological polar surface area (TPSA) is 0 Å². The average Bonchev–Trinajstić information content (AvgIpc) is 1.96. The molecule has 0 bridgehead atoms. The fourth-order valence-electron chi connectivity index (χ4n) is 0.899. The van der Waals surface area contributed by atoms with E-state index in [1.807, 2.05) is 11.8 Å². The van der Waals surface area contributed by atoms with Gasteiger partial charge in [0.1, 0.15) is 0 Å². The zero-order chi connectivity index (χ0) is 8.53. The van der Waals surface area contributed by atoms with Gasteiger partial charge < -0.3 is 0 Å². The van der Waals surface area contributed by atoms with Crippen molar-refractivity contribution in [2.45, 2.75) is 33.1 Å². The molecule has 0 aliphatic carbocycles. The summed E-state index contributed by atoms with van der Waals surface area (Å²) in [5.74, 6) is 2.24. The SMILES string of the molecule is CSCSCCCCC(C)C. The summed E-state index contributed by atoms with van der Waals surface area (Å²) in [6, 6.07) is 0.